The van der Waals surface area contributed by atoms with Gasteiger partial charge in [-0.25, -0.2) is 4.98 Å². The summed E-state index contributed by atoms with van der Waals surface area (Å²) in [6.07, 6.45) is 3.44. The fourth-order valence-corrected chi connectivity index (χ4v) is 3.15. The summed E-state index contributed by atoms with van der Waals surface area (Å²) in [4.78, 5) is 33.8. The lowest BCUT2D eigenvalue weighted by Crippen LogP contribution is -2.32. The van der Waals surface area contributed by atoms with Gasteiger partial charge in [-0.05, 0) is 37.1 Å². The van der Waals surface area contributed by atoms with Crippen LogP contribution in [0.5, 0.6) is 0 Å². The van der Waals surface area contributed by atoms with Crippen LogP contribution in [0.25, 0.3) is 11.0 Å². The van der Waals surface area contributed by atoms with Crippen molar-refractivity contribution in [1.29, 1.82) is 0 Å². The molecule has 1 saturated heterocycles. The molecule has 1 fully saturated rings. The van der Waals surface area contributed by atoms with Gasteiger partial charge in [-0.2, -0.15) is 0 Å². The Morgan fingerprint density at radius 3 is 2.64 bits per heavy atom. The van der Waals surface area contributed by atoms with Crippen LogP contribution >= 0.6 is 0 Å². The molecule has 0 aliphatic carbocycles. The van der Waals surface area contributed by atoms with Gasteiger partial charge < -0.3 is 15.4 Å². The van der Waals surface area contributed by atoms with Crippen LogP contribution in [0.15, 0.2) is 54.7 Å². The lowest BCUT2D eigenvalue weighted by Gasteiger charge is -2.13. The highest BCUT2D eigenvalue weighted by atomic mass is 16.5. The number of amides is 2. The van der Waals surface area contributed by atoms with Crippen LogP contribution in [0.1, 0.15) is 33.7 Å². The van der Waals surface area contributed by atoms with Crippen LogP contribution in [0, 0.1) is 0 Å². The molecule has 3 aromatic rings. The summed E-state index contributed by atoms with van der Waals surface area (Å²) in [5, 5.41) is 5.64. The predicted molar refractivity (Wildman–Crippen MR) is 105 cm³/mol. The number of rotatable bonds is 5. The number of fused-ring (bicyclic) bond motifs is 1. The van der Waals surface area contributed by atoms with E-state index >= 15 is 0 Å². The number of para-hydroxylation sites is 3. The molecule has 0 bridgehead atoms. The zero-order valence-corrected chi connectivity index (χ0v) is 15.2. The lowest BCUT2D eigenvalue weighted by atomic mass is 10.1. The molecular weight excluding hydrogens is 356 g/mol. The van der Waals surface area contributed by atoms with E-state index in [1.165, 1.54) is 6.20 Å². The molecule has 4 rings (SSSR count). The van der Waals surface area contributed by atoms with E-state index in [1.807, 2.05) is 18.2 Å². The molecular formula is C21H20N4O3. The Hall–Kier alpha value is -3.32. The molecule has 1 aliphatic heterocycles. The van der Waals surface area contributed by atoms with Crippen LogP contribution in [0.3, 0.4) is 0 Å². The molecule has 0 radical (unpaired) electrons. The van der Waals surface area contributed by atoms with Gasteiger partial charge >= 0.3 is 0 Å². The second-order valence-electron chi connectivity index (χ2n) is 6.59. The molecule has 28 heavy (non-hydrogen) atoms. The van der Waals surface area contributed by atoms with E-state index in [2.05, 4.69) is 20.6 Å². The van der Waals surface area contributed by atoms with E-state index in [1.54, 1.807) is 30.3 Å². The molecule has 1 atom stereocenters. The Morgan fingerprint density at radius 1 is 1.04 bits per heavy atom. The van der Waals surface area contributed by atoms with E-state index in [9.17, 15) is 9.59 Å². The Morgan fingerprint density at radius 2 is 1.82 bits per heavy atom. The van der Waals surface area contributed by atoms with Crippen LogP contribution in [0.2, 0.25) is 0 Å². The zero-order chi connectivity index (χ0) is 19.3. The Balaban J connectivity index is 1.49. The van der Waals surface area contributed by atoms with Crippen molar-refractivity contribution in [2.45, 2.75) is 18.9 Å². The standard InChI is InChI=1S/C21H20N4O3/c26-20(23-12-14-6-5-11-28-14)15-7-1-2-8-16(15)25-21(27)19-13-22-17-9-3-4-10-18(17)24-19/h1-4,7-10,13-14H,5-6,11-12H2,(H,23,26)(H,25,27)/t14-/m1/s1. The number of nitrogens with zero attached hydrogens (tertiary/aromatic N) is 2. The molecule has 2 heterocycles. The first-order chi connectivity index (χ1) is 13.7. The number of nitrogens with one attached hydrogen (secondary N) is 2. The molecule has 7 heteroatoms. The van der Waals surface area contributed by atoms with Crippen LogP contribution in [0.4, 0.5) is 5.69 Å². The number of hydrogen-bond donors (Lipinski definition) is 2. The SMILES string of the molecule is O=C(Nc1ccccc1C(=O)NC[C@H]1CCCO1)c1cnc2ccccc2n1. The van der Waals surface area contributed by atoms with Crippen molar-refractivity contribution < 1.29 is 14.3 Å². The third-order valence-electron chi connectivity index (χ3n) is 4.62. The Labute approximate surface area is 162 Å². The highest BCUT2D eigenvalue weighted by Gasteiger charge is 2.19. The van der Waals surface area contributed by atoms with Crippen molar-refractivity contribution in [2.24, 2.45) is 0 Å². The van der Waals surface area contributed by atoms with Crippen molar-refractivity contribution in [3.8, 4) is 0 Å². The van der Waals surface area contributed by atoms with Gasteiger partial charge in [-0.1, -0.05) is 24.3 Å². The van der Waals surface area contributed by atoms with Gasteiger partial charge in [0.15, 0.2) is 0 Å². The summed E-state index contributed by atoms with van der Waals surface area (Å²) < 4.78 is 5.53. The van der Waals surface area contributed by atoms with Crippen molar-refractivity contribution >= 4 is 28.5 Å². The maximum Gasteiger partial charge on any atom is 0.275 e. The summed E-state index contributed by atoms with van der Waals surface area (Å²) in [6, 6.07) is 14.2. The third-order valence-corrected chi connectivity index (χ3v) is 4.62. The Kier molecular flexibility index (Phi) is 5.25. The van der Waals surface area contributed by atoms with Gasteiger partial charge in [0.2, 0.25) is 0 Å². The summed E-state index contributed by atoms with van der Waals surface area (Å²) >= 11 is 0. The molecule has 0 unspecified atom stereocenters. The molecule has 1 aliphatic rings. The summed E-state index contributed by atoms with van der Waals surface area (Å²) in [6.45, 7) is 1.19. The maximum atomic E-state index is 12.6. The molecule has 0 spiro atoms. The van der Waals surface area contributed by atoms with Gasteiger partial charge in [0, 0.05) is 13.2 Å². The van der Waals surface area contributed by atoms with E-state index in [0.717, 1.165) is 19.4 Å². The smallest absolute Gasteiger partial charge is 0.275 e. The second-order valence-corrected chi connectivity index (χ2v) is 6.59. The molecule has 2 N–H and O–H groups in total. The quantitative estimate of drug-likeness (QED) is 0.714. The molecule has 0 saturated carbocycles. The number of carbonyl (C=O) groups is 2. The van der Waals surface area contributed by atoms with E-state index in [0.29, 0.717) is 28.8 Å². The summed E-state index contributed by atoms with van der Waals surface area (Å²) in [5.74, 6) is -0.673. The van der Waals surface area contributed by atoms with Crippen molar-refractivity contribution in [2.75, 3.05) is 18.5 Å². The largest absolute Gasteiger partial charge is 0.376 e. The fourth-order valence-electron chi connectivity index (χ4n) is 3.15. The molecule has 2 aromatic carbocycles. The highest BCUT2D eigenvalue weighted by Crippen LogP contribution is 2.17. The number of aromatic nitrogens is 2. The van der Waals surface area contributed by atoms with Gasteiger partial charge in [0.25, 0.3) is 11.8 Å². The maximum absolute atomic E-state index is 12.6. The van der Waals surface area contributed by atoms with Crippen LogP contribution < -0.4 is 10.6 Å². The second kappa shape index (κ2) is 8.14. The first kappa shape index (κ1) is 18.1. The lowest BCUT2D eigenvalue weighted by molar-refractivity contribution is 0.0858. The van der Waals surface area contributed by atoms with Gasteiger partial charge in [0.1, 0.15) is 5.69 Å². The fraction of sp³-hybridized carbons (Fsp3) is 0.238. The highest BCUT2D eigenvalue weighted by molar-refractivity contribution is 6.08. The molecule has 142 valence electrons. The third kappa shape index (κ3) is 3.99. The van der Waals surface area contributed by atoms with Gasteiger partial charge in [0.05, 0.1) is 34.6 Å². The van der Waals surface area contributed by atoms with Gasteiger partial charge in [-0.15, -0.1) is 0 Å². The first-order valence-corrected chi connectivity index (χ1v) is 9.23. The number of benzene rings is 2. The predicted octanol–water partition coefficient (Wildman–Crippen LogP) is 2.79. The van der Waals surface area contributed by atoms with Crippen LogP contribution in [-0.4, -0.2) is 41.0 Å². The molecule has 2 amide bonds. The van der Waals surface area contributed by atoms with Crippen molar-refractivity contribution in [1.82, 2.24) is 15.3 Å². The van der Waals surface area contributed by atoms with Crippen molar-refractivity contribution in [3.63, 3.8) is 0 Å². The zero-order valence-electron chi connectivity index (χ0n) is 15.2. The summed E-state index contributed by atoms with van der Waals surface area (Å²) in [7, 11) is 0. The monoisotopic (exact) mass is 376 g/mol. The normalized spacial score (nSPS) is 16.1. The minimum atomic E-state index is -0.419. The van der Waals surface area contributed by atoms with E-state index in [4.69, 9.17) is 4.74 Å². The van der Waals surface area contributed by atoms with Crippen molar-refractivity contribution in [3.05, 3.63) is 66.0 Å². The average molecular weight is 376 g/mol. The van der Waals surface area contributed by atoms with Gasteiger partial charge in [-0.3, -0.25) is 14.6 Å². The summed E-state index contributed by atoms with van der Waals surface area (Å²) in [5.41, 5.74) is 2.36. The topological polar surface area (TPSA) is 93.2 Å². The first-order valence-electron chi connectivity index (χ1n) is 9.23. The van der Waals surface area contributed by atoms with E-state index in [-0.39, 0.29) is 17.7 Å². The molecule has 1 aromatic heterocycles. The minimum Gasteiger partial charge on any atom is -0.376 e. The van der Waals surface area contributed by atoms with Crippen LogP contribution in [-0.2, 0) is 4.74 Å². The minimum absolute atomic E-state index is 0.0542. The number of hydrogen-bond acceptors (Lipinski definition) is 5. The number of ether oxygens (including phenoxy) is 1. The number of anilines is 1. The average Bonchev–Trinajstić information content (AvgIpc) is 3.25. The Bertz CT molecular complexity index is 1020. The number of carbonyl (C=O) groups excluding carboxylic acids is 2. The van der Waals surface area contributed by atoms with E-state index < -0.39 is 5.91 Å². The molecule has 7 nitrogen and oxygen atoms in total.